The molecule has 16 heteroatoms. The predicted molar refractivity (Wildman–Crippen MR) is 105 cm³/mol. The summed E-state index contributed by atoms with van der Waals surface area (Å²) in [5.74, 6) is -2.96. The van der Waals surface area contributed by atoms with Gasteiger partial charge in [0.05, 0.1) is 24.1 Å². The molecule has 34 heavy (non-hydrogen) atoms. The molecule has 0 radical (unpaired) electrons. The first-order valence-corrected chi connectivity index (χ1v) is 11.6. The van der Waals surface area contributed by atoms with E-state index in [9.17, 15) is 38.5 Å². The van der Waals surface area contributed by atoms with E-state index in [1.54, 1.807) is 0 Å². The molecule has 0 spiro atoms. The fraction of sp³-hybridized carbons (Fsp3) is 0.778. The second kappa shape index (κ2) is 14.9. The molecular formula is C18H24F2O12S2-2. The first kappa shape index (κ1) is 30.6. The zero-order chi connectivity index (χ0) is 25.8. The molecule has 0 aromatic carbocycles. The minimum absolute atomic E-state index is 0.111. The molecule has 0 N–H and O–H groups in total. The summed E-state index contributed by atoms with van der Waals surface area (Å²) in [6.45, 7) is 1.71. The van der Waals surface area contributed by atoms with Gasteiger partial charge in [0.25, 0.3) is 10.0 Å². The van der Waals surface area contributed by atoms with Crippen LogP contribution in [-0.4, -0.2) is 45.7 Å². The van der Waals surface area contributed by atoms with Crippen molar-refractivity contribution >= 4 is 47.6 Å². The van der Waals surface area contributed by atoms with Crippen molar-refractivity contribution in [3.8, 4) is 0 Å². The molecule has 4 unspecified atom stereocenters. The molecule has 0 aliphatic heterocycles. The Kier molecular flexibility index (Phi) is 13.4. The highest BCUT2D eigenvalue weighted by Gasteiger charge is 2.41. The van der Waals surface area contributed by atoms with Gasteiger partial charge in [-0.15, -0.1) is 0 Å². The molecule has 0 aromatic heterocycles. The molecule has 2 aliphatic carbocycles. The summed E-state index contributed by atoms with van der Waals surface area (Å²) in [4.78, 5) is 45.5. The van der Waals surface area contributed by atoms with Crippen molar-refractivity contribution in [2.75, 3.05) is 0 Å². The summed E-state index contributed by atoms with van der Waals surface area (Å²) >= 11 is -0.221. The van der Waals surface area contributed by atoms with Crippen LogP contribution in [0.4, 0.5) is 8.78 Å². The third kappa shape index (κ3) is 10.5. The summed E-state index contributed by atoms with van der Waals surface area (Å²) in [5, 5.41) is 19.7. The molecule has 2 rings (SSSR count). The minimum atomic E-state index is -2.60. The number of hydrogen-bond acceptors (Lipinski definition) is 14. The Labute approximate surface area is 202 Å². The lowest BCUT2D eigenvalue weighted by atomic mass is 9.96. The fourth-order valence-electron chi connectivity index (χ4n) is 2.84. The van der Waals surface area contributed by atoms with E-state index in [2.05, 4.69) is 18.7 Å². The van der Waals surface area contributed by atoms with Crippen molar-refractivity contribution in [3.63, 3.8) is 0 Å². The maximum absolute atomic E-state index is 13.6. The van der Waals surface area contributed by atoms with E-state index in [-0.39, 0.29) is 35.7 Å². The van der Waals surface area contributed by atoms with Crippen LogP contribution >= 0.6 is 24.1 Å². The lowest BCUT2D eigenvalue weighted by molar-refractivity contribution is -0.777. The highest BCUT2D eigenvalue weighted by Crippen LogP contribution is 2.31. The van der Waals surface area contributed by atoms with Gasteiger partial charge in [-0.2, -0.15) is 8.67 Å². The van der Waals surface area contributed by atoms with Crippen LogP contribution in [0.3, 0.4) is 0 Å². The van der Waals surface area contributed by atoms with Gasteiger partial charge >= 0.3 is 11.9 Å². The van der Waals surface area contributed by atoms with Crippen LogP contribution in [0, 0.1) is 0 Å². The third-order valence-electron chi connectivity index (χ3n) is 4.66. The van der Waals surface area contributed by atoms with E-state index in [0.29, 0.717) is 25.7 Å². The van der Waals surface area contributed by atoms with Crippen LogP contribution in [-0.2, 0) is 47.4 Å². The Balaban J connectivity index is 0.000000340. The Morgan fingerprint density at radius 3 is 1.44 bits per heavy atom. The molecule has 0 saturated heterocycles. The number of rotatable bonds is 10. The molecule has 2 saturated carbocycles. The average Bonchev–Trinajstić information content (AvgIpc) is 2.79. The van der Waals surface area contributed by atoms with Crippen LogP contribution < -0.4 is 10.5 Å². The van der Waals surface area contributed by atoms with Crippen molar-refractivity contribution in [1.29, 1.82) is 0 Å². The van der Waals surface area contributed by atoms with Crippen LogP contribution in [0.15, 0.2) is 0 Å². The third-order valence-corrected chi connectivity index (χ3v) is 5.87. The Bertz CT molecular complexity index is 648. The number of ether oxygens (including phenoxy) is 2. The smallest absolute Gasteiger partial charge is 0.357 e. The number of halogens is 2. The first-order valence-electron chi connectivity index (χ1n) is 10.1. The van der Waals surface area contributed by atoms with Gasteiger partial charge in [0.2, 0.25) is 0 Å². The summed E-state index contributed by atoms with van der Waals surface area (Å²) in [5.41, 5.74) is 0. The van der Waals surface area contributed by atoms with Gasteiger partial charge < -0.3 is 20.0 Å². The second-order valence-corrected chi connectivity index (χ2v) is 9.62. The van der Waals surface area contributed by atoms with Gasteiger partial charge in [-0.05, 0) is 52.4 Å². The van der Waals surface area contributed by atoms with E-state index in [1.165, 1.54) is 0 Å². The Morgan fingerprint density at radius 2 is 1.15 bits per heavy atom. The molecule has 2 aliphatic rings. The highest BCUT2D eigenvalue weighted by molar-refractivity contribution is 7.96. The summed E-state index contributed by atoms with van der Waals surface area (Å²) in [6, 6.07) is 0. The topological polar surface area (TPSA) is 170 Å². The van der Waals surface area contributed by atoms with Crippen LogP contribution in [0.5, 0.6) is 0 Å². The SMILES string of the molecule is CC(F)(SOO[O-])C(=O)OC1CCCCC1=O.CC(F)(SOO[O-])C(=O)OC1CCCCC1=O. The van der Waals surface area contributed by atoms with Crippen molar-refractivity contribution < 1.29 is 66.7 Å². The van der Waals surface area contributed by atoms with Crippen LogP contribution in [0.1, 0.15) is 65.2 Å². The number of esters is 2. The molecular weight excluding hydrogens is 510 g/mol. The van der Waals surface area contributed by atoms with Crippen molar-refractivity contribution in [2.45, 2.75) is 87.4 Å². The second-order valence-electron chi connectivity index (χ2n) is 7.48. The van der Waals surface area contributed by atoms with E-state index in [0.717, 1.165) is 39.5 Å². The molecule has 2 fully saturated rings. The Hall–Kier alpha value is -1.40. The lowest BCUT2D eigenvalue weighted by Gasteiger charge is -2.24. The number of carbonyl (C=O) groups is 4. The Morgan fingerprint density at radius 1 is 0.794 bits per heavy atom. The molecule has 0 heterocycles. The van der Waals surface area contributed by atoms with Crippen molar-refractivity contribution in [3.05, 3.63) is 0 Å². The number of carbonyl (C=O) groups excluding carboxylic acids is 4. The first-order chi connectivity index (χ1) is 15.9. The average molecular weight is 535 g/mol. The van der Waals surface area contributed by atoms with Crippen molar-refractivity contribution in [2.24, 2.45) is 0 Å². The van der Waals surface area contributed by atoms with Crippen LogP contribution in [0.2, 0.25) is 0 Å². The highest BCUT2D eigenvalue weighted by atomic mass is 32.2. The molecule has 4 atom stereocenters. The molecule has 0 bridgehead atoms. The zero-order valence-corrected chi connectivity index (χ0v) is 19.9. The summed E-state index contributed by atoms with van der Waals surface area (Å²) < 4.78 is 44.1. The maximum atomic E-state index is 13.6. The van der Waals surface area contributed by atoms with E-state index >= 15 is 0 Å². The molecule has 0 amide bonds. The van der Waals surface area contributed by atoms with E-state index in [4.69, 9.17) is 9.47 Å². The van der Waals surface area contributed by atoms with Crippen molar-refractivity contribution in [1.82, 2.24) is 0 Å². The largest absolute Gasteiger partial charge is 0.691 e. The lowest BCUT2D eigenvalue weighted by Crippen LogP contribution is -2.37. The standard InChI is InChI=1S/2C9H13FO6S/c2*1-9(10,17-16-15-13)8(12)14-7-5-3-2-4-6(7)11/h2*7,13H,2-5H2,1H3/p-2. The predicted octanol–water partition coefficient (Wildman–Crippen LogP) is 1.20. The molecule has 196 valence electrons. The number of alkyl halides is 2. The van der Waals surface area contributed by atoms with E-state index in [1.807, 2.05) is 0 Å². The molecule has 0 aromatic rings. The number of ketones is 2. The van der Waals surface area contributed by atoms with Crippen LogP contribution in [0.25, 0.3) is 0 Å². The monoisotopic (exact) mass is 534 g/mol. The normalized spacial score (nSPS) is 24.2. The van der Waals surface area contributed by atoms with Gasteiger partial charge in [0.1, 0.15) is 0 Å². The zero-order valence-electron chi connectivity index (χ0n) is 18.3. The number of hydrogen-bond donors (Lipinski definition) is 0. The molecule has 12 nitrogen and oxygen atoms in total. The maximum Gasteiger partial charge on any atom is 0.357 e. The van der Waals surface area contributed by atoms with Gasteiger partial charge in [0, 0.05) is 12.8 Å². The fourth-order valence-corrected chi connectivity index (χ4v) is 3.39. The number of Topliss-reactive ketones (excluding diaryl/α,β-unsaturated/α-hetero) is 2. The minimum Gasteiger partial charge on any atom is -0.691 e. The van der Waals surface area contributed by atoms with Gasteiger partial charge in [-0.1, -0.05) is 0 Å². The summed E-state index contributed by atoms with van der Waals surface area (Å²) in [7, 11) is 0. The summed E-state index contributed by atoms with van der Waals surface area (Å²) in [6.07, 6.45) is 2.64. The quantitative estimate of drug-likeness (QED) is 0.169. The van der Waals surface area contributed by atoms with Gasteiger partial charge in [0.15, 0.2) is 23.8 Å². The van der Waals surface area contributed by atoms with E-state index < -0.39 is 34.1 Å². The van der Waals surface area contributed by atoms with Gasteiger partial charge in [-0.3, -0.25) is 19.7 Å². The van der Waals surface area contributed by atoms with Gasteiger partial charge in [-0.25, -0.2) is 18.4 Å².